The summed E-state index contributed by atoms with van der Waals surface area (Å²) < 4.78 is 84.0. The van der Waals surface area contributed by atoms with Gasteiger partial charge in [0.2, 0.25) is 10.0 Å². The van der Waals surface area contributed by atoms with Gasteiger partial charge in [-0.3, -0.25) is 0 Å². The molecule has 2 aromatic rings. The molecule has 5 nitrogen and oxygen atoms in total. The monoisotopic (exact) mass is 418 g/mol. The van der Waals surface area contributed by atoms with Crippen molar-refractivity contribution in [3.05, 3.63) is 53.8 Å². The smallest absolute Gasteiger partial charge is 0.419 e. The number of alkyl halides is 3. The van der Waals surface area contributed by atoms with Gasteiger partial charge in [-0.1, -0.05) is 12.1 Å². The normalized spacial score (nSPS) is 16.2. The molecule has 0 saturated carbocycles. The van der Waals surface area contributed by atoms with Crippen LogP contribution in [0.4, 0.5) is 23.2 Å². The van der Waals surface area contributed by atoms with Crippen molar-refractivity contribution in [1.29, 1.82) is 0 Å². The highest BCUT2D eigenvalue weighted by Gasteiger charge is 2.37. The minimum atomic E-state index is -4.97. The van der Waals surface area contributed by atoms with Crippen LogP contribution in [0.25, 0.3) is 0 Å². The summed E-state index contributed by atoms with van der Waals surface area (Å²) in [5.41, 5.74) is -0.788. The van der Waals surface area contributed by atoms with Crippen LogP contribution < -0.4 is 9.64 Å². The first-order valence-electron chi connectivity index (χ1n) is 8.39. The number of methoxy groups -OCH3 is 1. The van der Waals surface area contributed by atoms with Crippen molar-refractivity contribution in [3.63, 3.8) is 0 Å². The van der Waals surface area contributed by atoms with Crippen molar-refractivity contribution in [2.45, 2.75) is 11.1 Å². The molecule has 1 heterocycles. The van der Waals surface area contributed by atoms with Crippen molar-refractivity contribution >= 4 is 15.7 Å². The third-order valence-corrected chi connectivity index (χ3v) is 6.44. The van der Waals surface area contributed by atoms with E-state index >= 15 is 0 Å². The van der Waals surface area contributed by atoms with Gasteiger partial charge in [-0.05, 0) is 30.3 Å². The molecule has 0 N–H and O–H groups in total. The molecule has 0 aliphatic carbocycles. The molecule has 1 aliphatic heterocycles. The number of anilines is 1. The minimum absolute atomic E-state index is 0.0824. The average molecular weight is 418 g/mol. The van der Waals surface area contributed by atoms with Gasteiger partial charge in [0.05, 0.1) is 23.3 Å². The predicted octanol–water partition coefficient (Wildman–Crippen LogP) is 3.36. The number of hydrogen-bond donors (Lipinski definition) is 0. The van der Waals surface area contributed by atoms with Crippen LogP contribution in [0.2, 0.25) is 0 Å². The van der Waals surface area contributed by atoms with Crippen LogP contribution in [0.3, 0.4) is 0 Å². The second kappa shape index (κ2) is 7.59. The maximum absolute atomic E-state index is 13.5. The largest absolute Gasteiger partial charge is 0.495 e. The van der Waals surface area contributed by atoms with Crippen LogP contribution in [0.1, 0.15) is 5.56 Å². The maximum Gasteiger partial charge on any atom is 0.419 e. The summed E-state index contributed by atoms with van der Waals surface area (Å²) >= 11 is 0. The van der Waals surface area contributed by atoms with Crippen LogP contribution in [0.5, 0.6) is 5.75 Å². The second-order valence-electron chi connectivity index (χ2n) is 6.20. The molecule has 1 fully saturated rings. The molecule has 3 rings (SSSR count). The summed E-state index contributed by atoms with van der Waals surface area (Å²) in [6.45, 7) is 0.845. The molecule has 0 spiro atoms. The summed E-state index contributed by atoms with van der Waals surface area (Å²) in [7, 11) is -2.64. The highest BCUT2D eigenvalue weighted by Crippen LogP contribution is 2.34. The lowest BCUT2D eigenvalue weighted by Gasteiger charge is -2.36. The number of sulfonamides is 1. The van der Waals surface area contributed by atoms with Gasteiger partial charge in [-0.2, -0.15) is 17.5 Å². The van der Waals surface area contributed by atoms with E-state index in [4.69, 9.17) is 4.74 Å². The first kappa shape index (κ1) is 20.4. The summed E-state index contributed by atoms with van der Waals surface area (Å²) in [4.78, 5) is 1.36. The Labute approximate surface area is 160 Å². The van der Waals surface area contributed by atoms with Crippen LogP contribution in [0.15, 0.2) is 47.4 Å². The van der Waals surface area contributed by atoms with Crippen molar-refractivity contribution in [1.82, 2.24) is 4.31 Å². The van der Waals surface area contributed by atoms with Gasteiger partial charge in [0.1, 0.15) is 11.6 Å². The molecule has 1 saturated heterocycles. The van der Waals surface area contributed by atoms with Gasteiger partial charge in [-0.15, -0.1) is 0 Å². The summed E-state index contributed by atoms with van der Waals surface area (Å²) in [6.07, 6.45) is -4.97. The van der Waals surface area contributed by atoms with E-state index in [1.165, 1.54) is 7.11 Å². The molecule has 0 bridgehead atoms. The Balaban J connectivity index is 1.80. The zero-order valence-corrected chi connectivity index (χ0v) is 15.7. The fourth-order valence-electron chi connectivity index (χ4n) is 3.09. The van der Waals surface area contributed by atoms with E-state index in [9.17, 15) is 26.0 Å². The van der Waals surface area contributed by atoms with Crippen LogP contribution in [0, 0.1) is 5.82 Å². The first-order valence-corrected chi connectivity index (χ1v) is 9.83. The van der Waals surface area contributed by atoms with E-state index in [0.29, 0.717) is 31.0 Å². The molecule has 0 aromatic heterocycles. The van der Waals surface area contributed by atoms with Crippen molar-refractivity contribution in [2.75, 3.05) is 38.2 Å². The highest BCUT2D eigenvalue weighted by atomic mass is 32.2. The average Bonchev–Trinajstić information content (AvgIpc) is 2.67. The lowest BCUT2D eigenvalue weighted by atomic mass is 10.2. The second-order valence-corrected chi connectivity index (χ2v) is 8.14. The van der Waals surface area contributed by atoms with Crippen LogP contribution >= 0.6 is 0 Å². The quantitative estimate of drug-likeness (QED) is 0.715. The molecular formula is C18H18F4N2O3S. The number of benzene rings is 2. The minimum Gasteiger partial charge on any atom is -0.495 e. The molecule has 28 heavy (non-hydrogen) atoms. The number of ether oxygens (including phenoxy) is 1. The molecule has 2 aromatic carbocycles. The standard InChI is InChI=1S/C18H18F4N2O3S/c1-27-17-5-3-2-4-16(17)23-8-10-24(11-9-23)28(25,26)13-6-7-15(19)14(12-13)18(20,21)22/h2-7,12H,8-11H2,1H3. The van der Waals surface area contributed by atoms with Gasteiger partial charge < -0.3 is 9.64 Å². The first-order chi connectivity index (χ1) is 13.1. The molecule has 0 atom stereocenters. The van der Waals surface area contributed by atoms with Crippen molar-refractivity contribution in [3.8, 4) is 5.75 Å². The summed E-state index contributed by atoms with van der Waals surface area (Å²) in [6, 6.07) is 9.01. The van der Waals surface area contributed by atoms with E-state index in [1.807, 2.05) is 23.1 Å². The Morgan fingerprint density at radius 2 is 1.64 bits per heavy atom. The number of nitrogens with zero attached hydrogens (tertiary/aromatic N) is 2. The van der Waals surface area contributed by atoms with E-state index in [-0.39, 0.29) is 13.1 Å². The summed E-state index contributed by atoms with van der Waals surface area (Å²) in [5, 5.41) is 0. The predicted molar refractivity (Wildman–Crippen MR) is 95.4 cm³/mol. The molecule has 0 unspecified atom stereocenters. The van der Waals surface area contributed by atoms with Gasteiger partial charge in [0.25, 0.3) is 0 Å². The number of halogens is 4. The van der Waals surface area contributed by atoms with Crippen molar-refractivity contribution < 1.29 is 30.7 Å². The molecule has 152 valence electrons. The van der Waals surface area contributed by atoms with Crippen LogP contribution in [-0.2, 0) is 16.2 Å². The highest BCUT2D eigenvalue weighted by molar-refractivity contribution is 7.89. The van der Waals surface area contributed by atoms with Gasteiger partial charge >= 0.3 is 6.18 Å². The molecule has 1 aliphatic rings. The summed E-state index contributed by atoms with van der Waals surface area (Å²) in [5.74, 6) is -0.861. The number of para-hydroxylation sites is 2. The Hall–Kier alpha value is -2.33. The Morgan fingerprint density at radius 1 is 1.00 bits per heavy atom. The topological polar surface area (TPSA) is 49.9 Å². The van der Waals surface area contributed by atoms with E-state index in [0.717, 1.165) is 16.1 Å². The van der Waals surface area contributed by atoms with E-state index in [1.54, 1.807) is 6.07 Å². The van der Waals surface area contributed by atoms with Gasteiger partial charge in [0.15, 0.2) is 0 Å². The zero-order chi connectivity index (χ0) is 20.5. The van der Waals surface area contributed by atoms with E-state index < -0.39 is 32.5 Å². The Kier molecular flexibility index (Phi) is 5.53. The lowest BCUT2D eigenvalue weighted by molar-refractivity contribution is -0.140. The zero-order valence-electron chi connectivity index (χ0n) is 14.9. The maximum atomic E-state index is 13.5. The Morgan fingerprint density at radius 3 is 2.25 bits per heavy atom. The molecular weight excluding hydrogens is 400 g/mol. The lowest BCUT2D eigenvalue weighted by Crippen LogP contribution is -2.48. The molecule has 0 radical (unpaired) electrons. The fraction of sp³-hybridized carbons (Fsp3) is 0.333. The SMILES string of the molecule is COc1ccccc1N1CCN(S(=O)(=O)c2ccc(F)c(C(F)(F)F)c2)CC1. The van der Waals surface area contributed by atoms with Gasteiger partial charge in [0, 0.05) is 26.2 Å². The number of piperazine rings is 1. The Bertz CT molecular complexity index is 956. The third kappa shape index (κ3) is 3.93. The van der Waals surface area contributed by atoms with Crippen LogP contribution in [-0.4, -0.2) is 46.0 Å². The number of hydrogen-bond acceptors (Lipinski definition) is 4. The van der Waals surface area contributed by atoms with E-state index in [2.05, 4.69) is 0 Å². The van der Waals surface area contributed by atoms with Gasteiger partial charge in [-0.25, -0.2) is 12.8 Å². The molecule has 10 heteroatoms. The van der Waals surface area contributed by atoms with Crippen molar-refractivity contribution in [2.24, 2.45) is 0 Å². The molecule has 0 amide bonds. The number of rotatable bonds is 4. The third-order valence-electron chi connectivity index (χ3n) is 4.55. The fourth-order valence-corrected chi connectivity index (χ4v) is 4.54.